The molecule has 2 aromatic rings. The molecule has 7 heteroatoms. The Labute approximate surface area is 112 Å². The van der Waals surface area contributed by atoms with Crippen LogP contribution in [0.25, 0.3) is 0 Å². The van der Waals surface area contributed by atoms with Crippen molar-refractivity contribution < 1.29 is 0 Å². The molecule has 0 saturated heterocycles. The van der Waals surface area contributed by atoms with Gasteiger partial charge in [0.1, 0.15) is 5.82 Å². The van der Waals surface area contributed by atoms with Crippen molar-refractivity contribution in [1.29, 1.82) is 0 Å². The van der Waals surface area contributed by atoms with Crippen LogP contribution in [0.1, 0.15) is 36.6 Å². The van der Waals surface area contributed by atoms with E-state index in [0.29, 0.717) is 12.2 Å². The molecule has 0 aliphatic rings. The van der Waals surface area contributed by atoms with Gasteiger partial charge in [0.05, 0.1) is 13.1 Å². The van der Waals surface area contributed by atoms with Gasteiger partial charge in [0.2, 0.25) is 0 Å². The van der Waals surface area contributed by atoms with Gasteiger partial charge in [0.15, 0.2) is 5.82 Å². The van der Waals surface area contributed by atoms with Crippen LogP contribution in [-0.4, -0.2) is 36.7 Å². The second-order valence-electron chi connectivity index (χ2n) is 4.52. The Morgan fingerprint density at radius 2 is 2.05 bits per heavy atom. The third-order valence-electron chi connectivity index (χ3n) is 2.69. The standard InChI is InChI=1S/C12H19N7/c1-4-5-13-10(6-11-16-18-19(3)17-11)12-14-7-9(2)8-15-12/h7-8,10,13H,4-6H2,1-3H3. The molecule has 0 saturated carbocycles. The molecule has 102 valence electrons. The first kappa shape index (κ1) is 13.5. The summed E-state index contributed by atoms with van der Waals surface area (Å²) in [4.78, 5) is 10.2. The number of aromatic nitrogens is 6. The minimum absolute atomic E-state index is 0.0183. The highest BCUT2D eigenvalue weighted by Crippen LogP contribution is 2.12. The van der Waals surface area contributed by atoms with E-state index in [1.54, 1.807) is 7.05 Å². The van der Waals surface area contributed by atoms with Crippen LogP contribution in [0.5, 0.6) is 0 Å². The molecular weight excluding hydrogens is 242 g/mol. The molecular formula is C12H19N7. The van der Waals surface area contributed by atoms with Crippen molar-refractivity contribution in [2.24, 2.45) is 7.05 Å². The van der Waals surface area contributed by atoms with Crippen molar-refractivity contribution in [2.45, 2.75) is 32.7 Å². The van der Waals surface area contributed by atoms with Gasteiger partial charge < -0.3 is 5.32 Å². The molecule has 0 aromatic carbocycles. The first-order valence-corrected chi connectivity index (χ1v) is 6.44. The third kappa shape index (κ3) is 3.78. The molecule has 0 bridgehead atoms. The Bertz CT molecular complexity index is 505. The number of hydrogen-bond acceptors (Lipinski definition) is 6. The van der Waals surface area contributed by atoms with Gasteiger partial charge in [-0.25, -0.2) is 9.97 Å². The van der Waals surface area contributed by atoms with Gasteiger partial charge in [-0.2, -0.15) is 4.80 Å². The quantitative estimate of drug-likeness (QED) is 0.819. The lowest BCUT2D eigenvalue weighted by molar-refractivity contribution is 0.493. The van der Waals surface area contributed by atoms with Gasteiger partial charge in [-0.1, -0.05) is 6.92 Å². The molecule has 0 aliphatic heterocycles. The summed E-state index contributed by atoms with van der Waals surface area (Å²) in [6, 6.07) is 0.0183. The van der Waals surface area contributed by atoms with Crippen LogP contribution in [0.4, 0.5) is 0 Å². The number of hydrogen-bond donors (Lipinski definition) is 1. The van der Waals surface area contributed by atoms with E-state index in [9.17, 15) is 0 Å². The highest BCUT2D eigenvalue weighted by atomic mass is 15.6. The van der Waals surface area contributed by atoms with Crippen LogP contribution >= 0.6 is 0 Å². The zero-order valence-electron chi connectivity index (χ0n) is 11.5. The summed E-state index contributed by atoms with van der Waals surface area (Å²) in [5, 5.41) is 15.5. The van der Waals surface area contributed by atoms with Crippen LogP contribution in [0.15, 0.2) is 12.4 Å². The van der Waals surface area contributed by atoms with E-state index in [-0.39, 0.29) is 6.04 Å². The fraction of sp³-hybridized carbons (Fsp3) is 0.583. The van der Waals surface area contributed by atoms with Crippen molar-refractivity contribution >= 4 is 0 Å². The maximum atomic E-state index is 4.38. The maximum absolute atomic E-state index is 4.38. The number of tetrazole rings is 1. The lowest BCUT2D eigenvalue weighted by Gasteiger charge is -2.15. The zero-order chi connectivity index (χ0) is 13.7. The topological polar surface area (TPSA) is 81.4 Å². The van der Waals surface area contributed by atoms with Crippen molar-refractivity contribution in [1.82, 2.24) is 35.5 Å². The molecule has 0 spiro atoms. The summed E-state index contributed by atoms with van der Waals surface area (Å²) in [5.74, 6) is 1.46. The van der Waals surface area contributed by atoms with E-state index in [4.69, 9.17) is 0 Å². The first-order chi connectivity index (χ1) is 9.19. The van der Waals surface area contributed by atoms with Gasteiger partial charge in [0.25, 0.3) is 0 Å². The fourth-order valence-electron chi connectivity index (χ4n) is 1.74. The molecule has 7 nitrogen and oxygen atoms in total. The molecule has 0 fully saturated rings. The number of aryl methyl sites for hydroxylation is 2. The summed E-state index contributed by atoms with van der Waals surface area (Å²) >= 11 is 0. The minimum Gasteiger partial charge on any atom is -0.307 e. The van der Waals surface area contributed by atoms with Crippen molar-refractivity contribution in [3.8, 4) is 0 Å². The monoisotopic (exact) mass is 261 g/mol. The molecule has 0 amide bonds. The highest BCUT2D eigenvalue weighted by Gasteiger charge is 2.17. The molecule has 1 atom stereocenters. The number of nitrogens with zero attached hydrogens (tertiary/aromatic N) is 6. The lowest BCUT2D eigenvalue weighted by Crippen LogP contribution is -2.26. The second-order valence-corrected chi connectivity index (χ2v) is 4.52. The number of rotatable bonds is 6. The summed E-state index contributed by atoms with van der Waals surface area (Å²) < 4.78 is 0. The number of nitrogens with one attached hydrogen (secondary N) is 1. The van der Waals surface area contributed by atoms with Gasteiger partial charge in [-0.15, -0.1) is 10.2 Å². The molecule has 2 aromatic heterocycles. The third-order valence-corrected chi connectivity index (χ3v) is 2.69. The zero-order valence-corrected chi connectivity index (χ0v) is 11.5. The maximum Gasteiger partial charge on any atom is 0.176 e. The van der Waals surface area contributed by atoms with E-state index in [1.165, 1.54) is 4.80 Å². The smallest absolute Gasteiger partial charge is 0.176 e. The Kier molecular flexibility index (Phi) is 4.51. The van der Waals surface area contributed by atoms with E-state index in [1.807, 2.05) is 19.3 Å². The molecule has 0 radical (unpaired) electrons. The molecule has 1 unspecified atom stereocenters. The SMILES string of the molecule is CCCNC(Cc1nnn(C)n1)c1ncc(C)cn1. The van der Waals surface area contributed by atoms with E-state index in [2.05, 4.69) is 37.6 Å². The van der Waals surface area contributed by atoms with Crippen molar-refractivity contribution in [2.75, 3.05) is 6.54 Å². The Hall–Kier alpha value is -1.89. The summed E-state index contributed by atoms with van der Waals surface area (Å²) in [6.07, 6.45) is 5.34. The predicted octanol–water partition coefficient (Wildman–Crippen LogP) is 0.592. The first-order valence-electron chi connectivity index (χ1n) is 6.44. The van der Waals surface area contributed by atoms with Crippen LogP contribution < -0.4 is 5.32 Å². The Morgan fingerprint density at radius 1 is 1.32 bits per heavy atom. The average molecular weight is 261 g/mol. The van der Waals surface area contributed by atoms with Crippen LogP contribution in [-0.2, 0) is 13.5 Å². The molecule has 0 aliphatic carbocycles. The van der Waals surface area contributed by atoms with Gasteiger partial charge in [0, 0.05) is 18.8 Å². The minimum atomic E-state index is 0.0183. The largest absolute Gasteiger partial charge is 0.307 e. The van der Waals surface area contributed by atoms with Crippen molar-refractivity contribution in [3.05, 3.63) is 29.6 Å². The fourth-order valence-corrected chi connectivity index (χ4v) is 1.74. The van der Waals surface area contributed by atoms with E-state index >= 15 is 0 Å². The van der Waals surface area contributed by atoms with Crippen molar-refractivity contribution in [3.63, 3.8) is 0 Å². The van der Waals surface area contributed by atoms with E-state index in [0.717, 1.165) is 24.4 Å². The van der Waals surface area contributed by atoms with Crippen LogP contribution in [0.3, 0.4) is 0 Å². The summed E-state index contributed by atoms with van der Waals surface area (Å²) in [7, 11) is 1.76. The van der Waals surface area contributed by atoms with E-state index < -0.39 is 0 Å². The summed E-state index contributed by atoms with van der Waals surface area (Å²) in [5.41, 5.74) is 1.05. The van der Waals surface area contributed by atoms with Crippen LogP contribution in [0.2, 0.25) is 0 Å². The lowest BCUT2D eigenvalue weighted by atomic mass is 10.1. The molecule has 19 heavy (non-hydrogen) atoms. The van der Waals surface area contributed by atoms with Gasteiger partial charge >= 0.3 is 0 Å². The normalized spacial score (nSPS) is 12.6. The molecule has 2 heterocycles. The average Bonchev–Trinajstić information content (AvgIpc) is 2.81. The van der Waals surface area contributed by atoms with Gasteiger partial charge in [-0.3, -0.25) is 0 Å². The second kappa shape index (κ2) is 6.33. The summed E-state index contributed by atoms with van der Waals surface area (Å²) in [6.45, 7) is 5.01. The van der Waals surface area contributed by atoms with Gasteiger partial charge in [-0.05, 0) is 30.7 Å². The highest BCUT2D eigenvalue weighted by molar-refractivity contribution is 5.06. The molecule has 2 rings (SSSR count). The Balaban J connectivity index is 2.13. The Morgan fingerprint density at radius 3 is 2.63 bits per heavy atom. The van der Waals surface area contributed by atoms with Crippen LogP contribution in [0, 0.1) is 6.92 Å². The molecule has 1 N–H and O–H groups in total. The predicted molar refractivity (Wildman–Crippen MR) is 70.3 cm³/mol.